The van der Waals surface area contributed by atoms with E-state index in [0.717, 1.165) is 6.07 Å². The van der Waals surface area contributed by atoms with Crippen LogP contribution in [0.4, 0.5) is 20.2 Å². The zero-order valence-electron chi connectivity index (χ0n) is 17.8. The Balaban J connectivity index is 0.000000204. The third kappa shape index (κ3) is 10.0. The molecule has 2 aromatic carbocycles. The van der Waals surface area contributed by atoms with Crippen molar-refractivity contribution < 1.29 is 25.6 Å². The number of nitrogens with one attached hydrogen (secondary N) is 1. The van der Waals surface area contributed by atoms with Crippen molar-refractivity contribution >= 4 is 41.1 Å². The minimum Gasteiger partial charge on any atom is -0.399 e. The zero-order valence-corrected chi connectivity index (χ0v) is 20.2. The molecule has 0 aliphatic heterocycles. The van der Waals surface area contributed by atoms with Crippen LogP contribution < -0.4 is 10.5 Å². The van der Waals surface area contributed by atoms with E-state index in [-0.39, 0.29) is 21.3 Å². The Kier molecular flexibility index (Phi) is 10.1. The molecule has 0 amide bonds. The number of anilines is 2. The van der Waals surface area contributed by atoms with Crippen molar-refractivity contribution in [1.82, 2.24) is 9.97 Å². The highest BCUT2D eigenvalue weighted by molar-refractivity contribution is 8.13. The molecule has 0 saturated carbocycles. The molecule has 0 saturated heterocycles. The van der Waals surface area contributed by atoms with E-state index < -0.39 is 24.9 Å². The molecular weight excluding hydrogens is 522 g/mol. The number of rotatable bonds is 4. The first-order valence-corrected chi connectivity index (χ1v) is 13.3. The monoisotopic (exact) mass is 540 g/mol. The molecule has 4 aromatic rings. The molecule has 0 bridgehead atoms. The maximum Gasteiger partial charge on any atom is 0.263 e. The van der Waals surface area contributed by atoms with Gasteiger partial charge in [0.05, 0.1) is 5.69 Å². The highest BCUT2D eigenvalue weighted by atomic mass is 35.7. The van der Waals surface area contributed by atoms with Crippen molar-refractivity contribution in [2.75, 3.05) is 10.5 Å². The summed E-state index contributed by atoms with van der Waals surface area (Å²) in [6, 6.07) is 16.9. The first-order chi connectivity index (χ1) is 16.5. The Bertz CT molecular complexity index is 1430. The number of halogens is 3. The van der Waals surface area contributed by atoms with Crippen LogP contribution in [0, 0.1) is 11.6 Å². The third-order valence-electron chi connectivity index (χ3n) is 3.79. The van der Waals surface area contributed by atoms with E-state index in [4.69, 9.17) is 16.4 Å². The van der Waals surface area contributed by atoms with Gasteiger partial charge in [-0.05, 0) is 60.7 Å². The van der Waals surface area contributed by atoms with Crippen molar-refractivity contribution in [3.05, 3.63) is 109 Å². The van der Waals surface area contributed by atoms with Crippen LogP contribution in [0.1, 0.15) is 0 Å². The standard InChI is InChI=1S/C11H9FN2O2S.C6H6FN.C5H4ClNO2S/c12-9-3-1-4-10(7-9)14-17(15,16)11-5-2-6-13-8-11;7-5-2-1-3-6(8)4-5;6-10(8,9)5-2-1-3-7-4-5/h1-8,14H;1-4H,8H2;1-4H. The zero-order chi connectivity index (χ0) is 25.9. The molecule has 0 aliphatic carbocycles. The van der Waals surface area contributed by atoms with E-state index >= 15 is 0 Å². The van der Waals surface area contributed by atoms with Crippen LogP contribution in [0.15, 0.2) is 107 Å². The second kappa shape index (κ2) is 12.7. The summed E-state index contributed by atoms with van der Waals surface area (Å²) in [7, 11) is -2.31. The normalized spacial score (nSPS) is 10.7. The Hall–Kier alpha value is -3.61. The van der Waals surface area contributed by atoms with Gasteiger partial charge in [0.15, 0.2) is 0 Å². The second-order valence-corrected chi connectivity index (χ2v) is 10.7. The van der Waals surface area contributed by atoms with Crippen LogP contribution >= 0.6 is 10.7 Å². The molecule has 0 atom stereocenters. The summed E-state index contributed by atoms with van der Waals surface area (Å²) in [4.78, 5) is 7.36. The molecule has 13 heteroatoms. The summed E-state index contributed by atoms with van der Waals surface area (Å²) in [5.41, 5.74) is 5.86. The molecule has 0 unspecified atom stereocenters. The SMILES string of the molecule is Nc1cccc(F)c1.O=S(=O)(Cl)c1cccnc1.O=S(=O)(Nc1cccc(F)c1)c1cccnc1. The van der Waals surface area contributed by atoms with Gasteiger partial charge < -0.3 is 5.73 Å². The average molecular weight is 541 g/mol. The van der Waals surface area contributed by atoms with Crippen LogP contribution in [-0.4, -0.2) is 26.8 Å². The molecule has 2 aromatic heterocycles. The van der Waals surface area contributed by atoms with Crippen molar-refractivity contribution in [1.29, 1.82) is 0 Å². The van der Waals surface area contributed by atoms with Crippen LogP contribution in [0.2, 0.25) is 0 Å². The van der Waals surface area contributed by atoms with E-state index in [9.17, 15) is 25.6 Å². The predicted molar refractivity (Wildman–Crippen MR) is 130 cm³/mol. The highest BCUT2D eigenvalue weighted by Crippen LogP contribution is 2.15. The number of pyridine rings is 2. The fourth-order valence-electron chi connectivity index (χ4n) is 2.27. The molecule has 35 heavy (non-hydrogen) atoms. The highest BCUT2D eigenvalue weighted by Gasteiger charge is 2.14. The molecule has 2 heterocycles. The van der Waals surface area contributed by atoms with E-state index in [1.54, 1.807) is 12.1 Å². The van der Waals surface area contributed by atoms with Gasteiger partial charge >= 0.3 is 0 Å². The number of hydrogen-bond donors (Lipinski definition) is 2. The lowest BCUT2D eigenvalue weighted by atomic mass is 10.3. The minimum absolute atomic E-state index is 0.0247. The first-order valence-electron chi connectivity index (χ1n) is 9.51. The number of benzene rings is 2. The van der Waals surface area contributed by atoms with E-state index in [1.165, 1.54) is 79.4 Å². The summed E-state index contributed by atoms with van der Waals surface area (Å²) >= 11 is 0. The molecule has 0 spiro atoms. The molecule has 8 nitrogen and oxygen atoms in total. The van der Waals surface area contributed by atoms with Crippen molar-refractivity contribution in [2.45, 2.75) is 9.79 Å². The second-order valence-electron chi connectivity index (χ2n) is 6.49. The van der Waals surface area contributed by atoms with E-state index in [2.05, 4.69) is 14.7 Å². The molecular formula is C22H19ClF2N4O4S2. The summed E-state index contributed by atoms with van der Waals surface area (Å²) in [6.45, 7) is 0. The third-order valence-corrected chi connectivity index (χ3v) is 6.49. The minimum atomic E-state index is -3.71. The number of sulfonamides is 1. The molecule has 3 N–H and O–H groups in total. The van der Waals surface area contributed by atoms with Crippen molar-refractivity contribution in [2.24, 2.45) is 0 Å². The predicted octanol–water partition coefficient (Wildman–Crippen LogP) is 4.44. The Labute approximate surface area is 205 Å². The van der Waals surface area contributed by atoms with Gasteiger partial charge in [0.25, 0.3) is 19.1 Å². The Morgan fingerprint density at radius 3 is 1.69 bits per heavy atom. The van der Waals surface area contributed by atoms with Crippen molar-refractivity contribution in [3.8, 4) is 0 Å². The maximum absolute atomic E-state index is 12.9. The van der Waals surface area contributed by atoms with Crippen LogP contribution in [0.25, 0.3) is 0 Å². The average Bonchev–Trinajstić information content (AvgIpc) is 2.80. The van der Waals surface area contributed by atoms with Gasteiger partial charge in [-0.15, -0.1) is 0 Å². The van der Waals surface area contributed by atoms with E-state index in [1.807, 2.05) is 0 Å². The van der Waals surface area contributed by atoms with Gasteiger partial charge in [-0.1, -0.05) is 12.1 Å². The molecule has 0 fully saturated rings. The van der Waals surface area contributed by atoms with Crippen LogP contribution in [0.5, 0.6) is 0 Å². The van der Waals surface area contributed by atoms with Crippen molar-refractivity contribution in [3.63, 3.8) is 0 Å². The smallest absolute Gasteiger partial charge is 0.263 e. The number of nitrogens with two attached hydrogens (primary N) is 1. The topological polar surface area (TPSA) is 132 Å². The van der Waals surface area contributed by atoms with Gasteiger partial charge in [-0.3, -0.25) is 14.7 Å². The fourth-order valence-corrected chi connectivity index (χ4v) is 3.98. The largest absolute Gasteiger partial charge is 0.399 e. The number of hydrogen-bond acceptors (Lipinski definition) is 7. The lowest BCUT2D eigenvalue weighted by Gasteiger charge is -2.07. The quantitative estimate of drug-likeness (QED) is 0.289. The number of nitrogens with zero attached hydrogens (tertiary/aromatic N) is 2. The lowest BCUT2D eigenvalue weighted by molar-refractivity contribution is 0.600. The van der Waals surface area contributed by atoms with Gasteiger partial charge in [-0.25, -0.2) is 25.6 Å². The summed E-state index contributed by atoms with van der Waals surface area (Å²) in [6.07, 6.45) is 5.37. The number of aromatic nitrogens is 2. The molecule has 0 aliphatic rings. The van der Waals surface area contributed by atoms with Crippen LogP contribution in [-0.2, 0) is 19.1 Å². The Morgan fingerprint density at radius 2 is 1.29 bits per heavy atom. The number of nitrogen functional groups attached to an aromatic ring is 1. The van der Waals surface area contributed by atoms with E-state index in [0.29, 0.717) is 5.69 Å². The summed E-state index contributed by atoms with van der Waals surface area (Å²) in [5.74, 6) is -0.790. The lowest BCUT2D eigenvalue weighted by Crippen LogP contribution is -2.13. The molecule has 4 rings (SSSR count). The fraction of sp³-hybridized carbons (Fsp3) is 0. The van der Waals surface area contributed by atoms with Gasteiger partial charge in [0.1, 0.15) is 21.4 Å². The Morgan fingerprint density at radius 1 is 0.743 bits per heavy atom. The van der Waals surface area contributed by atoms with Crippen LogP contribution in [0.3, 0.4) is 0 Å². The summed E-state index contributed by atoms with van der Waals surface area (Å²) in [5, 5.41) is 0. The first kappa shape index (κ1) is 27.6. The molecule has 184 valence electrons. The van der Waals surface area contributed by atoms with Gasteiger partial charge in [0, 0.05) is 41.2 Å². The summed E-state index contributed by atoms with van der Waals surface area (Å²) < 4.78 is 72.0. The maximum atomic E-state index is 12.9. The van der Waals surface area contributed by atoms with Gasteiger partial charge in [-0.2, -0.15) is 0 Å². The molecule has 0 radical (unpaired) electrons. The van der Waals surface area contributed by atoms with Gasteiger partial charge in [0.2, 0.25) is 0 Å².